The summed E-state index contributed by atoms with van der Waals surface area (Å²) in [7, 11) is 0. The van der Waals surface area contributed by atoms with Gasteiger partial charge in [-0.05, 0) is 53.4 Å². The van der Waals surface area contributed by atoms with Crippen molar-refractivity contribution < 1.29 is 9.18 Å². The minimum atomic E-state index is -0.386. The van der Waals surface area contributed by atoms with E-state index >= 15 is 0 Å². The van der Waals surface area contributed by atoms with Gasteiger partial charge in [-0.3, -0.25) is 4.79 Å². The molecule has 1 amide bonds. The van der Waals surface area contributed by atoms with Gasteiger partial charge in [0.2, 0.25) is 0 Å². The second kappa shape index (κ2) is 7.43. The molecular formula is C12H14BrFN2OS. The number of thiocarbonyl (C=S) groups is 1. The highest BCUT2D eigenvalue weighted by Gasteiger charge is 2.07. The third-order valence-electron chi connectivity index (χ3n) is 2.32. The van der Waals surface area contributed by atoms with E-state index in [9.17, 15) is 9.18 Å². The fraction of sp³-hybridized carbons (Fsp3) is 0.333. The van der Waals surface area contributed by atoms with Crippen molar-refractivity contribution in [2.24, 2.45) is 5.73 Å². The zero-order chi connectivity index (χ0) is 13.5. The number of unbranched alkanes of at least 4 members (excludes halogenated alkanes) is 1. The Hall–Kier alpha value is -1.01. The van der Waals surface area contributed by atoms with Crippen LogP contribution in [0.2, 0.25) is 0 Å². The summed E-state index contributed by atoms with van der Waals surface area (Å²) in [5.74, 6) is -0.603. The summed E-state index contributed by atoms with van der Waals surface area (Å²) in [5.41, 5.74) is 5.79. The van der Waals surface area contributed by atoms with Crippen molar-refractivity contribution in [2.75, 3.05) is 6.54 Å². The largest absolute Gasteiger partial charge is 0.393 e. The number of benzene rings is 1. The molecule has 1 aromatic rings. The third kappa shape index (κ3) is 5.10. The van der Waals surface area contributed by atoms with Gasteiger partial charge in [-0.15, -0.1) is 0 Å². The molecule has 98 valence electrons. The molecule has 0 saturated carbocycles. The first kappa shape index (κ1) is 15.0. The van der Waals surface area contributed by atoms with Gasteiger partial charge in [-0.2, -0.15) is 0 Å². The summed E-state index contributed by atoms with van der Waals surface area (Å²) in [4.78, 5) is 12.2. The Morgan fingerprint density at radius 2 is 2.17 bits per heavy atom. The molecule has 3 nitrogen and oxygen atoms in total. The van der Waals surface area contributed by atoms with Crippen LogP contribution in [0, 0.1) is 5.82 Å². The number of hydrogen-bond acceptors (Lipinski definition) is 2. The number of halogens is 2. The van der Waals surface area contributed by atoms with Crippen LogP contribution in [0.3, 0.4) is 0 Å². The van der Waals surface area contributed by atoms with E-state index in [1.165, 1.54) is 18.2 Å². The molecule has 1 aromatic carbocycles. The van der Waals surface area contributed by atoms with E-state index in [4.69, 9.17) is 18.0 Å². The molecule has 0 aliphatic carbocycles. The molecule has 3 N–H and O–H groups in total. The van der Waals surface area contributed by atoms with Crippen LogP contribution in [-0.4, -0.2) is 17.4 Å². The molecule has 0 saturated heterocycles. The normalized spacial score (nSPS) is 10.1. The highest BCUT2D eigenvalue weighted by Crippen LogP contribution is 2.16. The van der Waals surface area contributed by atoms with Gasteiger partial charge in [0, 0.05) is 12.1 Å². The van der Waals surface area contributed by atoms with Crippen molar-refractivity contribution in [3.05, 3.63) is 34.1 Å². The lowest BCUT2D eigenvalue weighted by molar-refractivity contribution is 0.0953. The van der Waals surface area contributed by atoms with Gasteiger partial charge in [-0.1, -0.05) is 12.2 Å². The molecule has 0 aliphatic heterocycles. The second-order valence-electron chi connectivity index (χ2n) is 3.81. The fourth-order valence-corrected chi connectivity index (χ4v) is 1.89. The number of amides is 1. The van der Waals surface area contributed by atoms with Gasteiger partial charge in [0.05, 0.1) is 9.46 Å². The van der Waals surface area contributed by atoms with Crippen LogP contribution in [0.5, 0.6) is 0 Å². The van der Waals surface area contributed by atoms with E-state index in [0.717, 1.165) is 12.8 Å². The van der Waals surface area contributed by atoms with Crippen LogP contribution in [0.4, 0.5) is 4.39 Å². The van der Waals surface area contributed by atoms with E-state index in [2.05, 4.69) is 21.2 Å². The van der Waals surface area contributed by atoms with Crippen LogP contribution in [0.25, 0.3) is 0 Å². The molecular weight excluding hydrogens is 319 g/mol. The Kier molecular flexibility index (Phi) is 6.21. The SMILES string of the molecule is NC(=S)CCCCNC(=O)c1ccc(F)c(Br)c1. The van der Waals surface area contributed by atoms with Crippen molar-refractivity contribution in [1.82, 2.24) is 5.32 Å². The molecule has 0 atom stereocenters. The number of carbonyl (C=O) groups is 1. The average Bonchev–Trinajstić information content (AvgIpc) is 2.31. The molecule has 0 spiro atoms. The highest BCUT2D eigenvalue weighted by atomic mass is 79.9. The first-order valence-corrected chi connectivity index (χ1v) is 6.72. The zero-order valence-corrected chi connectivity index (χ0v) is 12.1. The monoisotopic (exact) mass is 332 g/mol. The maximum Gasteiger partial charge on any atom is 0.251 e. The van der Waals surface area contributed by atoms with E-state index in [1.54, 1.807) is 0 Å². The van der Waals surface area contributed by atoms with Crippen molar-refractivity contribution in [3.8, 4) is 0 Å². The molecule has 0 radical (unpaired) electrons. The standard InChI is InChI=1S/C12H14BrFN2OS/c13-9-7-8(4-5-10(9)14)12(17)16-6-2-1-3-11(15)18/h4-5,7H,1-3,6H2,(H2,15,18)(H,16,17). The molecule has 0 fully saturated rings. The molecule has 0 unspecified atom stereocenters. The first-order valence-electron chi connectivity index (χ1n) is 5.52. The Bertz CT molecular complexity index is 454. The zero-order valence-electron chi connectivity index (χ0n) is 9.71. The Labute approximate surface area is 119 Å². The van der Waals surface area contributed by atoms with Crippen LogP contribution < -0.4 is 11.1 Å². The maximum absolute atomic E-state index is 13.0. The molecule has 0 bridgehead atoms. The first-order chi connectivity index (χ1) is 8.50. The van der Waals surface area contributed by atoms with Gasteiger partial charge in [-0.25, -0.2) is 4.39 Å². The Morgan fingerprint density at radius 1 is 1.44 bits per heavy atom. The van der Waals surface area contributed by atoms with E-state index in [0.29, 0.717) is 23.5 Å². The molecule has 6 heteroatoms. The van der Waals surface area contributed by atoms with Crippen LogP contribution in [0.15, 0.2) is 22.7 Å². The van der Waals surface area contributed by atoms with Crippen LogP contribution >= 0.6 is 28.1 Å². The van der Waals surface area contributed by atoms with Crippen LogP contribution in [-0.2, 0) is 0 Å². The topological polar surface area (TPSA) is 55.1 Å². The average molecular weight is 333 g/mol. The summed E-state index contributed by atoms with van der Waals surface area (Å²) in [5, 5.41) is 2.75. The van der Waals surface area contributed by atoms with Crippen molar-refractivity contribution in [1.29, 1.82) is 0 Å². The van der Waals surface area contributed by atoms with E-state index in [1.807, 2.05) is 0 Å². The molecule has 0 aliphatic rings. The van der Waals surface area contributed by atoms with Gasteiger partial charge in [0.1, 0.15) is 5.82 Å². The minimum Gasteiger partial charge on any atom is -0.393 e. The fourth-order valence-electron chi connectivity index (χ4n) is 1.37. The summed E-state index contributed by atoms with van der Waals surface area (Å²) >= 11 is 7.79. The van der Waals surface area contributed by atoms with Crippen molar-refractivity contribution in [2.45, 2.75) is 19.3 Å². The summed E-state index contributed by atoms with van der Waals surface area (Å²) in [6.45, 7) is 0.552. The predicted octanol–water partition coefficient (Wildman–Crippen LogP) is 2.77. The number of nitrogens with one attached hydrogen (secondary N) is 1. The lowest BCUT2D eigenvalue weighted by Crippen LogP contribution is -2.24. The van der Waals surface area contributed by atoms with E-state index < -0.39 is 0 Å². The van der Waals surface area contributed by atoms with Crippen molar-refractivity contribution >= 4 is 39.0 Å². The van der Waals surface area contributed by atoms with Gasteiger partial charge in [0.25, 0.3) is 5.91 Å². The second-order valence-corrected chi connectivity index (χ2v) is 5.19. The lowest BCUT2D eigenvalue weighted by atomic mass is 10.2. The molecule has 0 heterocycles. The molecule has 18 heavy (non-hydrogen) atoms. The van der Waals surface area contributed by atoms with Gasteiger partial charge < -0.3 is 11.1 Å². The molecule has 0 aromatic heterocycles. The number of hydrogen-bond donors (Lipinski definition) is 2. The number of carbonyl (C=O) groups excluding carboxylic acids is 1. The summed E-state index contributed by atoms with van der Waals surface area (Å²) in [6, 6.07) is 4.16. The third-order valence-corrected chi connectivity index (χ3v) is 3.13. The van der Waals surface area contributed by atoms with Crippen molar-refractivity contribution in [3.63, 3.8) is 0 Å². The minimum absolute atomic E-state index is 0.217. The summed E-state index contributed by atoms with van der Waals surface area (Å²) < 4.78 is 13.3. The van der Waals surface area contributed by atoms with Crippen LogP contribution in [0.1, 0.15) is 29.6 Å². The predicted molar refractivity (Wildman–Crippen MR) is 77.1 cm³/mol. The quantitative estimate of drug-likeness (QED) is 0.622. The lowest BCUT2D eigenvalue weighted by Gasteiger charge is -2.05. The van der Waals surface area contributed by atoms with Gasteiger partial charge >= 0.3 is 0 Å². The number of rotatable bonds is 6. The highest BCUT2D eigenvalue weighted by molar-refractivity contribution is 9.10. The maximum atomic E-state index is 13.0. The Morgan fingerprint density at radius 3 is 2.78 bits per heavy atom. The van der Waals surface area contributed by atoms with E-state index in [-0.39, 0.29) is 16.2 Å². The Balaban J connectivity index is 2.36. The number of nitrogens with two attached hydrogens (primary N) is 1. The summed E-state index contributed by atoms with van der Waals surface area (Å²) in [6.07, 6.45) is 2.35. The van der Waals surface area contributed by atoms with Gasteiger partial charge in [0.15, 0.2) is 0 Å². The molecule has 1 rings (SSSR count). The smallest absolute Gasteiger partial charge is 0.251 e.